The van der Waals surface area contributed by atoms with E-state index in [1.807, 2.05) is 18.3 Å². The fraction of sp³-hybridized carbons (Fsp3) is 0.400. The summed E-state index contributed by atoms with van der Waals surface area (Å²) in [4.78, 5) is 11.4. The fourth-order valence-electron chi connectivity index (χ4n) is 4.91. The highest BCUT2D eigenvalue weighted by molar-refractivity contribution is 5.90. The highest BCUT2D eigenvalue weighted by Crippen LogP contribution is 2.40. The van der Waals surface area contributed by atoms with Crippen molar-refractivity contribution in [3.05, 3.63) is 59.8 Å². The zero-order chi connectivity index (χ0) is 22.2. The smallest absolute Gasteiger partial charge is 0.416 e. The van der Waals surface area contributed by atoms with Crippen LogP contribution in [0.25, 0.3) is 22.0 Å². The molecule has 1 atom stereocenters. The first kappa shape index (κ1) is 21.5. The summed E-state index contributed by atoms with van der Waals surface area (Å²) in [5.41, 5.74) is 2.40. The van der Waals surface area contributed by atoms with Crippen LogP contribution in [-0.4, -0.2) is 15.6 Å². The maximum atomic E-state index is 13.2. The van der Waals surface area contributed by atoms with E-state index in [1.54, 1.807) is 16.7 Å². The molecule has 1 aliphatic carbocycles. The molecule has 3 nitrogen and oxygen atoms in total. The number of rotatable bonds is 5. The highest BCUT2D eigenvalue weighted by Gasteiger charge is 2.30. The van der Waals surface area contributed by atoms with Gasteiger partial charge in [-0.3, -0.25) is 4.79 Å². The summed E-state index contributed by atoms with van der Waals surface area (Å²) in [6.45, 7) is 2.05. The van der Waals surface area contributed by atoms with Gasteiger partial charge in [-0.05, 0) is 65.6 Å². The van der Waals surface area contributed by atoms with E-state index in [0.29, 0.717) is 17.0 Å². The number of carboxylic acids is 1. The molecule has 1 unspecified atom stereocenters. The van der Waals surface area contributed by atoms with Gasteiger partial charge in [0.2, 0.25) is 0 Å². The fourth-order valence-corrected chi connectivity index (χ4v) is 4.91. The SMILES string of the molecule is CC(c1cn(CC(=O)O)c2ccc(-c3cccc(C(F)(F)F)c3)cc12)C1CCCCC1. The quantitative estimate of drug-likeness (QED) is 0.470. The molecule has 0 amide bonds. The predicted molar refractivity (Wildman–Crippen MR) is 115 cm³/mol. The molecular weight excluding hydrogens is 403 g/mol. The molecular formula is C25H26F3NO2. The maximum Gasteiger partial charge on any atom is 0.416 e. The van der Waals surface area contributed by atoms with Gasteiger partial charge in [0.15, 0.2) is 0 Å². The van der Waals surface area contributed by atoms with Crippen LogP contribution in [0.3, 0.4) is 0 Å². The number of nitrogens with zero attached hydrogens (tertiary/aromatic N) is 1. The van der Waals surface area contributed by atoms with Crippen molar-refractivity contribution in [3.63, 3.8) is 0 Å². The number of carboxylic acid groups (broad SMARTS) is 1. The minimum atomic E-state index is -4.40. The number of aromatic nitrogens is 1. The molecule has 0 spiro atoms. The van der Waals surface area contributed by atoms with E-state index in [0.717, 1.165) is 35.4 Å². The van der Waals surface area contributed by atoms with E-state index in [-0.39, 0.29) is 12.5 Å². The Morgan fingerprint density at radius 3 is 2.48 bits per heavy atom. The van der Waals surface area contributed by atoms with E-state index in [2.05, 4.69) is 6.92 Å². The first-order valence-corrected chi connectivity index (χ1v) is 10.8. The number of alkyl halides is 3. The van der Waals surface area contributed by atoms with Gasteiger partial charge in [0.25, 0.3) is 0 Å². The number of hydrogen-bond donors (Lipinski definition) is 1. The Balaban J connectivity index is 1.81. The molecule has 0 aliphatic heterocycles. The van der Waals surface area contributed by atoms with Gasteiger partial charge in [-0.2, -0.15) is 13.2 Å². The molecule has 0 radical (unpaired) electrons. The highest BCUT2D eigenvalue weighted by atomic mass is 19.4. The van der Waals surface area contributed by atoms with Crippen molar-refractivity contribution in [2.24, 2.45) is 5.92 Å². The molecule has 164 valence electrons. The van der Waals surface area contributed by atoms with Crippen molar-refractivity contribution in [2.75, 3.05) is 0 Å². The van der Waals surface area contributed by atoms with Gasteiger partial charge in [0.1, 0.15) is 6.54 Å². The van der Waals surface area contributed by atoms with Gasteiger partial charge in [0.05, 0.1) is 5.56 Å². The first-order valence-electron chi connectivity index (χ1n) is 10.8. The Hall–Kier alpha value is -2.76. The topological polar surface area (TPSA) is 42.2 Å². The zero-order valence-corrected chi connectivity index (χ0v) is 17.5. The average molecular weight is 429 g/mol. The Bertz CT molecular complexity index is 1090. The molecule has 1 aromatic heterocycles. The van der Waals surface area contributed by atoms with Crippen molar-refractivity contribution in [2.45, 2.75) is 57.7 Å². The third-order valence-electron chi connectivity index (χ3n) is 6.59. The molecule has 1 N–H and O–H groups in total. The molecule has 1 aliphatic rings. The molecule has 0 bridgehead atoms. The lowest BCUT2D eigenvalue weighted by molar-refractivity contribution is -0.138. The second-order valence-electron chi connectivity index (χ2n) is 8.60. The predicted octanol–water partition coefficient (Wildman–Crippen LogP) is 7.10. The van der Waals surface area contributed by atoms with Crippen LogP contribution >= 0.6 is 0 Å². The standard InChI is InChI=1S/C25H26F3NO2/c1-16(17-6-3-2-4-7-17)22-14-29(15-24(30)31)23-11-10-19(13-21(22)23)18-8-5-9-20(12-18)25(26,27)28/h5,8-14,16-17H,2-4,6-7,15H2,1H3,(H,30,31). The molecule has 6 heteroatoms. The van der Waals surface area contributed by atoms with E-state index in [1.165, 1.54) is 31.4 Å². The number of fused-ring (bicyclic) bond motifs is 1. The first-order chi connectivity index (χ1) is 14.7. The Kier molecular flexibility index (Phi) is 5.82. The number of benzene rings is 2. The third-order valence-corrected chi connectivity index (χ3v) is 6.59. The molecule has 3 aromatic rings. The minimum absolute atomic E-state index is 0.142. The van der Waals surface area contributed by atoms with Gasteiger partial charge in [-0.25, -0.2) is 0 Å². The van der Waals surface area contributed by atoms with Crippen molar-refractivity contribution >= 4 is 16.9 Å². The summed E-state index contributed by atoms with van der Waals surface area (Å²) in [5, 5.41) is 10.3. The molecule has 1 fully saturated rings. The van der Waals surface area contributed by atoms with Crippen molar-refractivity contribution in [1.82, 2.24) is 4.57 Å². The lowest BCUT2D eigenvalue weighted by atomic mass is 9.77. The van der Waals surface area contributed by atoms with Gasteiger partial charge in [-0.1, -0.05) is 44.4 Å². The number of carbonyl (C=O) groups is 1. The summed E-state index contributed by atoms with van der Waals surface area (Å²) in [5.74, 6) is -0.125. The molecule has 2 aromatic carbocycles. The van der Waals surface area contributed by atoms with E-state index in [4.69, 9.17) is 0 Å². The molecule has 1 heterocycles. The minimum Gasteiger partial charge on any atom is -0.480 e. The van der Waals surface area contributed by atoms with Gasteiger partial charge in [-0.15, -0.1) is 0 Å². The third kappa shape index (κ3) is 4.48. The lowest BCUT2D eigenvalue weighted by Crippen LogP contribution is -2.13. The van der Waals surface area contributed by atoms with Crippen LogP contribution in [0.1, 0.15) is 56.1 Å². The summed E-state index contributed by atoms with van der Waals surface area (Å²) < 4.78 is 41.3. The lowest BCUT2D eigenvalue weighted by Gasteiger charge is -2.27. The van der Waals surface area contributed by atoms with Crippen LogP contribution in [0.2, 0.25) is 0 Å². The summed E-state index contributed by atoms with van der Waals surface area (Å²) >= 11 is 0. The molecule has 0 saturated heterocycles. The van der Waals surface area contributed by atoms with Crippen LogP contribution in [-0.2, 0) is 17.5 Å². The summed E-state index contributed by atoms with van der Waals surface area (Å²) in [6, 6.07) is 10.8. The summed E-state index contributed by atoms with van der Waals surface area (Å²) in [6.07, 6.45) is 3.50. The maximum absolute atomic E-state index is 13.2. The van der Waals surface area contributed by atoms with Crippen molar-refractivity contribution in [1.29, 1.82) is 0 Å². The molecule has 31 heavy (non-hydrogen) atoms. The Labute approximate surface area is 179 Å². The Morgan fingerprint density at radius 1 is 1.10 bits per heavy atom. The Morgan fingerprint density at radius 2 is 1.81 bits per heavy atom. The molecule has 1 saturated carbocycles. The van der Waals surface area contributed by atoms with Gasteiger partial charge in [0, 0.05) is 17.1 Å². The van der Waals surface area contributed by atoms with E-state index in [9.17, 15) is 23.1 Å². The van der Waals surface area contributed by atoms with Gasteiger partial charge >= 0.3 is 12.1 Å². The number of aliphatic carboxylic acids is 1. The van der Waals surface area contributed by atoms with Crippen LogP contribution in [0.15, 0.2) is 48.7 Å². The second-order valence-corrected chi connectivity index (χ2v) is 8.60. The molecule has 4 rings (SSSR count). The monoisotopic (exact) mass is 429 g/mol. The van der Waals surface area contributed by atoms with E-state index < -0.39 is 17.7 Å². The van der Waals surface area contributed by atoms with Gasteiger partial charge < -0.3 is 9.67 Å². The van der Waals surface area contributed by atoms with Crippen LogP contribution in [0.5, 0.6) is 0 Å². The van der Waals surface area contributed by atoms with Crippen LogP contribution < -0.4 is 0 Å². The zero-order valence-electron chi connectivity index (χ0n) is 17.5. The van der Waals surface area contributed by atoms with Crippen LogP contribution in [0.4, 0.5) is 13.2 Å². The van der Waals surface area contributed by atoms with Crippen LogP contribution in [0, 0.1) is 5.92 Å². The van der Waals surface area contributed by atoms with E-state index >= 15 is 0 Å². The van der Waals surface area contributed by atoms with Crippen molar-refractivity contribution < 1.29 is 23.1 Å². The normalized spacial score (nSPS) is 16.5. The number of halogens is 3. The van der Waals surface area contributed by atoms with Crippen molar-refractivity contribution in [3.8, 4) is 11.1 Å². The largest absolute Gasteiger partial charge is 0.480 e. The average Bonchev–Trinajstić information content (AvgIpc) is 3.10. The summed E-state index contributed by atoms with van der Waals surface area (Å²) in [7, 11) is 0. The number of hydrogen-bond acceptors (Lipinski definition) is 1. The second kappa shape index (κ2) is 8.40.